The van der Waals surface area contributed by atoms with E-state index in [0.717, 1.165) is 0 Å². The van der Waals surface area contributed by atoms with Crippen LogP contribution in [0, 0.1) is 0 Å². The summed E-state index contributed by atoms with van der Waals surface area (Å²) in [4.78, 5) is 8.17. The van der Waals surface area contributed by atoms with E-state index in [9.17, 15) is 0 Å². The summed E-state index contributed by atoms with van der Waals surface area (Å²) in [6, 6.07) is 0. The molecule has 116 valence electrons. The molecule has 9 nitrogen and oxygen atoms in total. The van der Waals surface area contributed by atoms with Gasteiger partial charge in [0.25, 0.3) is 0 Å². The molecular weight excluding hydrogens is 283 g/mol. The predicted molar refractivity (Wildman–Crippen MR) is 69.6 cm³/mol. The number of ether oxygens (including phenoxy) is 5. The van der Waals surface area contributed by atoms with Crippen LogP contribution >= 0.6 is 0 Å². The number of methoxy groups -OCH3 is 5. The lowest BCUT2D eigenvalue weighted by Crippen LogP contribution is -2.57. The van der Waals surface area contributed by atoms with Crippen molar-refractivity contribution >= 4 is 12.7 Å². The van der Waals surface area contributed by atoms with Crippen LogP contribution in [0.2, 0.25) is 0 Å². The Morgan fingerprint density at radius 2 is 1.43 bits per heavy atom. The van der Waals surface area contributed by atoms with E-state index in [4.69, 9.17) is 33.0 Å². The molecule has 1 aliphatic heterocycles. The van der Waals surface area contributed by atoms with Gasteiger partial charge in [-0.05, 0) is 0 Å². The van der Waals surface area contributed by atoms with Crippen molar-refractivity contribution in [3.8, 4) is 5.88 Å². The second-order valence-corrected chi connectivity index (χ2v) is 3.98. The Morgan fingerprint density at radius 3 is 1.86 bits per heavy atom. The minimum Gasteiger partial charge on any atom is -0.480 e. The Labute approximate surface area is 122 Å². The molecule has 2 heterocycles. The number of rotatable bonds is 6. The van der Waals surface area contributed by atoms with Crippen LogP contribution in [-0.4, -0.2) is 64.6 Å². The molecule has 0 spiro atoms. The summed E-state index contributed by atoms with van der Waals surface area (Å²) in [6.07, 6.45) is 2.92. The topological polar surface area (TPSA) is 90.4 Å². The van der Waals surface area contributed by atoms with E-state index >= 15 is 0 Å². The first-order valence-corrected chi connectivity index (χ1v) is 6.02. The minimum absolute atomic E-state index is 0.312. The number of hydrogen-bond acceptors (Lipinski definition) is 9. The first-order chi connectivity index (χ1) is 10.1. The van der Waals surface area contributed by atoms with Gasteiger partial charge >= 0.3 is 19.1 Å². The van der Waals surface area contributed by atoms with Gasteiger partial charge in [0.1, 0.15) is 0 Å². The number of hydrogen-bond donors (Lipinski definition) is 0. The molecule has 1 saturated heterocycles. The van der Waals surface area contributed by atoms with Crippen LogP contribution in [0.1, 0.15) is 0 Å². The van der Waals surface area contributed by atoms with Crippen molar-refractivity contribution in [2.75, 3.05) is 35.5 Å². The third-order valence-corrected chi connectivity index (χ3v) is 3.06. The third kappa shape index (κ3) is 2.50. The van der Waals surface area contributed by atoms with Crippen LogP contribution in [0.15, 0.2) is 12.4 Å². The lowest BCUT2D eigenvalue weighted by molar-refractivity contribution is -0.486. The van der Waals surface area contributed by atoms with E-state index in [-0.39, 0.29) is 0 Å². The van der Waals surface area contributed by atoms with Crippen molar-refractivity contribution in [1.29, 1.82) is 0 Å². The van der Waals surface area contributed by atoms with Gasteiger partial charge in [-0.3, -0.25) is 4.98 Å². The second-order valence-electron chi connectivity index (χ2n) is 3.98. The summed E-state index contributed by atoms with van der Waals surface area (Å²) in [5, 5.41) is 0. The lowest BCUT2D eigenvalue weighted by Gasteiger charge is -2.37. The van der Waals surface area contributed by atoms with Crippen molar-refractivity contribution < 1.29 is 33.0 Å². The Bertz CT molecular complexity index is 461. The molecule has 0 amide bonds. The molecule has 0 N–H and O–H groups in total. The molecular formula is C11H17BN2O7. The molecule has 0 atom stereocenters. The molecule has 0 saturated carbocycles. The third-order valence-electron chi connectivity index (χ3n) is 3.06. The molecule has 0 aromatic carbocycles. The van der Waals surface area contributed by atoms with E-state index in [1.54, 1.807) is 0 Å². The average molecular weight is 300 g/mol. The zero-order valence-electron chi connectivity index (χ0n) is 12.5. The summed E-state index contributed by atoms with van der Waals surface area (Å²) in [6.45, 7) is 0. The van der Waals surface area contributed by atoms with Gasteiger partial charge in [-0.1, -0.05) is 0 Å². The largest absolute Gasteiger partial charge is 0.523 e. The maximum absolute atomic E-state index is 5.66. The summed E-state index contributed by atoms with van der Waals surface area (Å²) in [7, 11) is 6.00. The van der Waals surface area contributed by atoms with Crippen LogP contribution in [0.25, 0.3) is 0 Å². The molecule has 0 aliphatic carbocycles. The zero-order chi connectivity index (χ0) is 15.5. The van der Waals surface area contributed by atoms with Crippen LogP contribution < -0.4 is 10.3 Å². The number of nitrogens with zero attached hydrogens (tertiary/aromatic N) is 2. The molecule has 1 fully saturated rings. The maximum atomic E-state index is 5.66. The Hall–Kier alpha value is -1.30. The summed E-state index contributed by atoms with van der Waals surface area (Å²) in [5.41, 5.74) is 0.351. The van der Waals surface area contributed by atoms with Gasteiger partial charge in [0.2, 0.25) is 5.88 Å². The van der Waals surface area contributed by atoms with Crippen molar-refractivity contribution in [2.45, 2.75) is 11.9 Å². The van der Waals surface area contributed by atoms with Gasteiger partial charge in [0.15, 0.2) is 0 Å². The van der Waals surface area contributed by atoms with E-state index < -0.39 is 19.1 Å². The van der Waals surface area contributed by atoms with E-state index in [2.05, 4.69) is 9.97 Å². The van der Waals surface area contributed by atoms with Crippen LogP contribution in [0.5, 0.6) is 5.88 Å². The van der Waals surface area contributed by atoms with Gasteiger partial charge < -0.3 is 33.0 Å². The Balaban J connectivity index is 2.36. The first-order valence-electron chi connectivity index (χ1n) is 6.02. The fourth-order valence-electron chi connectivity index (χ4n) is 2.00. The van der Waals surface area contributed by atoms with Gasteiger partial charge in [-0.15, -0.1) is 0 Å². The fourth-order valence-corrected chi connectivity index (χ4v) is 2.00. The monoisotopic (exact) mass is 300 g/mol. The predicted octanol–water partition coefficient (Wildman–Crippen LogP) is -0.880. The highest BCUT2D eigenvalue weighted by Gasteiger charge is 2.68. The zero-order valence-corrected chi connectivity index (χ0v) is 12.5. The minimum atomic E-state index is -1.72. The molecule has 0 bridgehead atoms. The summed E-state index contributed by atoms with van der Waals surface area (Å²) in [5.74, 6) is -3.12. The SMILES string of the molecule is COc1cncc(B2OC(OC)(OC)C(OC)(OC)O2)n1. The van der Waals surface area contributed by atoms with Gasteiger partial charge in [0.05, 0.1) is 18.9 Å². The molecule has 0 unspecified atom stereocenters. The van der Waals surface area contributed by atoms with Crippen molar-refractivity contribution in [3.63, 3.8) is 0 Å². The van der Waals surface area contributed by atoms with Crippen LogP contribution in [0.4, 0.5) is 0 Å². The van der Waals surface area contributed by atoms with Crippen molar-refractivity contribution in [1.82, 2.24) is 9.97 Å². The summed E-state index contributed by atoms with van der Waals surface area (Å²) < 4.78 is 37.3. The standard InChI is InChI=1S/C11H17BN2O7/c1-15-9-7-13-6-8(14-9)12-20-10(16-2,17-3)11(18-4,19-5)21-12/h6-7H,1-5H3. The van der Waals surface area contributed by atoms with Gasteiger partial charge in [0, 0.05) is 34.6 Å². The van der Waals surface area contributed by atoms with Crippen LogP contribution in [-0.2, 0) is 28.3 Å². The molecule has 1 aliphatic rings. The highest BCUT2D eigenvalue weighted by Crippen LogP contribution is 2.40. The molecule has 10 heteroatoms. The van der Waals surface area contributed by atoms with Gasteiger partial charge in [-0.2, -0.15) is 0 Å². The van der Waals surface area contributed by atoms with Crippen molar-refractivity contribution in [3.05, 3.63) is 12.4 Å². The Morgan fingerprint density at radius 1 is 0.905 bits per heavy atom. The quantitative estimate of drug-likeness (QED) is 0.490. The van der Waals surface area contributed by atoms with E-state index in [1.807, 2.05) is 0 Å². The van der Waals surface area contributed by atoms with E-state index in [1.165, 1.54) is 47.9 Å². The lowest BCUT2D eigenvalue weighted by atomic mass is 9.86. The molecule has 21 heavy (non-hydrogen) atoms. The fraction of sp³-hybridized carbons (Fsp3) is 0.636. The van der Waals surface area contributed by atoms with Crippen LogP contribution in [0.3, 0.4) is 0 Å². The Kier molecular flexibility index (Phi) is 4.76. The smallest absolute Gasteiger partial charge is 0.480 e. The van der Waals surface area contributed by atoms with Gasteiger partial charge in [-0.25, -0.2) is 4.98 Å². The number of aromatic nitrogens is 2. The molecule has 1 aromatic rings. The highest BCUT2D eigenvalue weighted by atomic mass is 17.0. The summed E-state index contributed by atoms with van der Waals surface area (Å²) >= 11 is 0. The average Bonchev–Trinajstić information content (AvgIpc) is 2.90. The molecule has 0 radical (unpaired) electrons. The maximum Gasteiger partial charge on any atom is 0.523 e. The van der Waals surface area contributed by atoms with E-state index in [0.29, 0.717) is 11.5 Å². The second kappa shape index (κ2) is 6.22. The molecule has 2 rings (SSSR count). The highest BCUT2D eigenvalue weighted by molar-refractivity contribution is 6.60. The molecule has 1 aromatic heterocycles. The first kappa shape index (κ1) is 16.1. The normalized spacial score (nSPS) is 19.8. The van der Waals surface area contributed by atoms with Crippen molar-refractivity contribution in [2.24, 2.45) is 0 Å².